The second kappa shape index (κ2) is 4.64. The Balaban J connectivity index is 2.36. The van der Waals surface area contributed by atoms with Crippen molar-refractivity contribution in [2.45, 2.75) is 18.4 Å². The lowest BCUT2D eigenvalue weighted by molar-refractivity contribution is 0.0396. The van der Waals surface area contributed by atoms with Gasteiger partial charge >= 0.3 is 0 Å². The molecule has 0 amide bonds. The van der Waals surface area contributed by atoms with Gasteiger partial charge in [-0.05, 0) is 31.5 Å². The summed E-state index contributed by atoms with van der Waals surface area (Å²) < 4.78 is 6.61. The Kier molecular flexibility index (Phi) is 3.44. The van der Waals surface area contributed by atoms with Gasteiger partial charge in [0, 0.05) is 23.2 Å². The predicted molar refractivity (Wildman–Crippen MR) is 64.9 cm³/mol. The highest BCUT2D eigenvalue weighted by Gasteiger charge is 2.33. The third-order valence-corrected chi connectivity index (χ3v) is 3.91. The molecule has 1 N–H and O–H groups in total. The summed E-state index contributed by atoms with van der Waals surface area (Å²) in [5.41, 5.74) is 1.43. The first kappa shape index (κ1) is 11.1. The zero-order valence-electron chi connectivity index (χ0n) is 8.92. The molecule has 2 rings (SSSR count). The summed E-state index contributed by atoms with van der Waals surface area (Å²) in [7, 11) is 2.03. The highest BCUT2D eigenvalue weighted by Crippen LogP contribution is 2.35. The van der Waals surface area contributed by atoms with E-state index in [0.717, 1.165) is 26.1 Å². The molecule has 1 aliphatic heterocycles. The van der Waals surface area contributed by atoms with Crippen LogP contribution in [-0.4, -0.2) is 20.3 Å². The molecule has 1 aliphatic rings. The summed E-state index contributed by atoms with van der Waals surface area (Å²) in [6.45, 7) is 1.67. The molecule has 0 aromatic heterocycles. The second-order valence-electron chi connectivity index (χ2n) is 3.92. The molecular weight excluding hydrogens is 254 g/mol. The van der Waals surface area contributed by atoms with Crippen LogP contribution in [0.5, 0.6) is 0 Å². The fourth-order valence-corrected chi connectivity index (χ4v) is 2.89. The van der Waals surface area contributed by atoms with Gasteiger partial charge in [0.2, 0.25) is 0 Å². The number of hydrogen-bond acceptors (Lipinski definition) is 2. The van der Waals surface area contributed by atoms with Crippen LogP contribution in [0.15, 0.2) is 28.7 Å². The van der Waals surface area contributed by atoms with Crippen LogP contribution in [0, 0.1) is 0 Å². The average Bonchev–Trinajstić information content (AvgIpc) is 2.30. The number of benzene rings is 1. The van der Waals surface area contributed by atoms with Gasteiger partial charge in [-0.25, -0.2) is 0 Å². The summed E-state index contributed by atoms with van der Waals surface area (Å²) in [5, 5.41) is 3.46. The largest absolute Gasteiger partial charge is 0.381 e. The molecule has 1 aromatic rings. The molecule has 0 bridgehead atoms. The van der Waals surface area contributed by atoms with E-state index in [1.54, 1.807) is 0 Å². The van der Waals surface area contributed by atoms with Crippen molar-refractivity contribution in [3.05, 3.63) is 34.3 Å². The molecular formula is C12H16BrNO. The van der Waals surface area contributed by atoms with Gasteiger partial charge in [0.05, 0.1) is 0 Å². The van der Waals surface area contributed by atoms with Crippen molar-refractivity contribution in [2.24, 2.45) is 0 Å². The van der Waals surface area contributed by atoms with Crippen molar-refractivity contribution >= 4 is 15.9 Å². The first-order valence-electron chi connectivity index (χ1n) is 5.30. The van der Waals surface area contributed by atoms with E-state index >= 15 is 0 Å². The third-order valence-electron chi connectivity index (χ3n) is 3.21. The van der Waals surface area contributed by atoms with Crippen molar-refractivity contribution in [1.29, 1.82) is 0 Å². The zero-order valence-corrected chi connectivity index (χ0v) is 10.5. The molecule has 0 radical (unpaired) electrons. The van der Waals surface area contributed by atoms with Crippen molar-refractivity contribution in [3.63, 3.8) is 0 Å². The maximum absolute atomic E-state index is 5.43. The van der Waals surface area contributed by atoms with E-state index in [4.69, 9.17) is 4.74 Å². The van der Waals surface area contributed by atoms with E-state index in [1.165, 1.54) is 10.0 Å². The zero-order chi connectivity index (χ0) is 10.7. The molecule has 1 saturated heterocycles. The van der Waals surface area contributed by atoms with Crippen molar-refractivity contribution in [2.75, 3.05) is 20.3 Å². The first-order valence-corrected chi connectivity index (χ1v) is 6.09. The molecule has 1 heterocycles. The Morgan fingerprint density at radius 1 is 1.27 bits per heavy atom. The van der Waals surface area contributed by atoms with Gasteiger partial charge in [-0.1, -0.05) is 34.1 Å². The maximum atomic E-state index is 5.43. The molecule has 82 valence electrons. The SMILES string of the molecule is CNC1(c2ccccc2Br)CCOCC1. The monoisotopic (exact) mass is 269 g/mol. The van der Waals surface area contributed by atoms with E-state index in [2.05, 4.69) is 45.5 Å². The van der Waals surface area contributed by atoms with Crippen molar-refractivity contribution in [1.82, 2.24) is 5.32 Å². The van der Waals surface area contributed by atoms with Gasteiger partial charge in [-0.3, -0.25) is 0 Å². The normalized spacial score (nSPS) is 20.1. The fraction of sp³-hybridized carbons (Fsp3) is 0.500. The molecule has 1 aromatic carbocycles. The molecule has 15 heavy (non-hydrogen) atoms. The van der Waals surface area contributed by atoms with Crippen LogP contribution >= 0.6 is 15.9 Å². The van der Waals surface area contributed by atoms with Crippen LogP contribution in [0.1, 0.15) is 18.4 Å². The molecule has 0 spiro atoms. The summed E-state index contributed by atoms with van der Waals surface area (Å²) in [6.07, 6.45) is 2.07. The molecule has 0 atom stereocenters. The van der Waals surface area contributed by atoms with Gasteiger partial charge in [-0.2, -0.15) is 0 Å². The van der Waals surface area contributed by atoms with Crippen molar-refractivity contribution in [3.8, 4) is 0 Å². The van der Waals surface area contributed by atoms with E-state index in [9.17, 15) is 0 Å². The van der Waals surface area contributed by atoms with E-state index in [-0.39, 0.29) is 5.54 Å². The van der Waals surface area contributed by atoms with E-state index in [1.807, 2.05) is 7.05 Å². The topological polar surface area (TPSA) is 21.3 Å². The second-order valence-corrected chi connectivity index (χ2v) is 4.78. The lowest BCUT2D eigenvalue weighted by Gasteiger charge is -2.38. The standard InChI is InChI=1S/C12H16BrNO/c1-14-12(6-8-15-9-7-12)10-4-2-3-5-11(10)13/h2-5,14H,6-9H2,1H3. The van der Waals surface area contributed by atoms with Crippen LogP contribution < -0.4 is 5.32 Å². The minimum Gasteiger partial charge on any atom is -0.381 e. The highest BCUT2D eigenvalue weighted by atomic mass is 79.9. The quantitative estimate of drug-likeness (QED) is 0.892. The molecule has 0 unspecified atom stereocenters. The summed E-state index contributed by atoms with van der Waals surface area (Å²) >= 11 is 3.63. The van der Waals surface area contributed by atoms with E-state index < -0.39 is 0 Å². The highest BCUT2D eigenvalue weighted by molar-refractivity contribution is 9.10. The minimum atomic E-state index is 0.0817. The van der Waals surface area contributed by atoms with Gasteiger partial charge in [0.1, 0.15) is 0 Å². The van der Waals surface area contributed by atoms with Gasteiger partial charge in [0.15, 0.2) is 0 Å². The maximum Gasteiger partial charge on any atom is 0.0487 e. The van der Waals surface area contributed by atoms with Crippen LogP contribution in [0.25, 0.3) is 0 Å². The number of rotatable bonds is 2. The molecule has 2 nitrogen and oxygen atoms in total. The fourth-order valence-electron chi connectivity index (χ4n) is 2.22. The summed E-state index contributed by atoms with van der Waals surface area (Å²) in [5.74, 6) is 0. The number of halogens is 1. The molecule has 1 fully saturated rings. The Morgan fingerprint density at radius 3 is 2.53 bits per heavy atom. The lowest BCUT2D eigenvalue weighted by atomic mass is 9.83. The minimum absolute atomic E-state index is 0.0817. The Hall–Kier alpha value is -0.380. The number of ether oxygens (including phenoxy) is 1. The van der Waals surface area contributed by atoms with Crippen molar-refractivity contribution < 1.29 is 4.74 Å². The van der Waals surface area contributed by atoms with Crippen LogP contribution in [0.4, 0.5) is 0 Å². The Bertz CT molecular complexity index is 334. The Morgan fingerprint density at radius 2 is 1.93 bits per heavy atom. The van der Waals surface area contributed by atoms with Gasteiger partial charge in [-0.15, -0.1) is 0 Å². The van der Waals surface area contributed by atoms with Gasteiger partial charge < -0.3 is 10.1 Å². The first-order chi connectivity index (χ1) is 7.28. The lowest BCUT2D eigenvalue weighted by Crippen LogP contribution is -2.45. The van der Waals surface area contributed by atoms with Gasteiger partial charge in [0.25, 0.3) is 0 Å². The number of nitrogens with one attached hydrogen (secondary N) is 1. The average molecular weight is 270 g/mol. The van der Waals surface area contributed by atoms with Crippen LogP contribution in [-0.2, 0) is 10.3 Å². The molecule has 3 heteroatoms. The molecule has 0 aliphatic carbocycles. The predicted octanol–water partition coefficient (Wildman–Crippen LogP) is 2.67. The third kappa shape index (κ3) is 2.10. The van der Waals surface area contributed by atoms with Crippen LogP contribution in [0.2, 0.25) is 0 Å². The summed E-state index contributed by atoms with van der Waals surface area (Å²) in [4.78, 5) is 0. The Labute approximate surface area is 99.1 Å². The number of hydrogen-bond donors (Lipinski definition) is 1. The van der Waals surface area contributed by atoms with E-state index in [0.29, 0.717) is 0 Å². The molecule has 0 saturated carbocycles. The van der Waals surface area contributed by atoms with Crippen LogP contribution in [0.3, 0.4) is 0 Å². The smallest absolute Gasteiger partial charge is 0.0487 e. The summed E-state index contributed by atoms with van der Waals surface area (Å²) in [6, 6.07) is 8.43.